The van der Waals surface area contributed by atoms with E-state index in [0.717, 1.165) is 26.0 Å². The molecular formula is C15H12BrN3O2S. The Balaban J connectivity index is 2.30. The van der Waals surface area contributed by atoms with Crippen molar-refractivity contribution in [2.24, 2.45) is 0 Å². The number of ether oxygens (including phenoxy) is 1. The SMILES string of the molecule is COC(=O)c1ccc2c(C)c(S)n(-c3ncc(Br)cn3)c2c1. The van der Waals surface area contributed by atoms with E-state index in [2.05, 4.69) is 38.5 Å². The highest BCUT2D eigenvalue weighted by atomic mass is 79.9. The van der Waals surface area contributed by atoms with Crippen LogP contribution in [0.15, 0.2) is 40.1 Å². The minimum atomic E-state index is -0.384. The Morgan fingerprint density at radius 1 is 1.32 bits per heavy atom. The average Bonchev–Trinajstić information content (AvgIpc) is 2.79. The molecule has 3 aromatic rings. The van der Waals surface area contributed by atoms with Crippen molar-refractivity contribution in [1.82, 2.24) is 14.5 Å². The second-order valence-electron chi connectivity index (χ2n) is 4.71. The van der Waals surface area contributed by atoms with Crippen molar-refractivity contribution in [2.75, 3.05) is 7.11 Å². The van der Waals surface area contributed by atoms with Crippen molar-refractivity contribution in [1.29, 1.82) is 0 Å². The van der Waals surface area contributed by atoms with Gasteiger partial charge in [0.25, 0.3) is 0 Å². The van der Waals surface area contributed by atoms with Crippen LogP contribution < -0.4 is 0 Å². The number of thiol groups is 1. The summed E-state index contributed by atoms with van der Waals surface area (Å²) in [5, 5.41) is 1.73. The number of esters is 1. The van der Waals surface area contributed by atoms with E-state index < -0.39 is 0 Å². The third kappa shape index (κ3) is 2.40. The zero-order chi connectivity index (χ0) is 15.9. The fourth-order valence-corrected chi connectivity index (χ4v) is 2.83. The van der Waals surface area contributed by atoms with E-state index >= 15 is 0 Å². The molecule has 0 radical (unpaired) electrons. The predicted molar refractivity (Wildman–Crippen MR) is 89.9 cm³/mol. The molecule has 0 aliphatic rings. The molecule has 0 unspecified atom stereocenters. The van der Waals surface area contributed by atoms with E-state index in [1.807, 2.05) is 17.6 Å². The highest BCUT2D eigenvalue weighted by Gasteiger charge is 2.17. The number of aryl methyl sites for hydroxylation is 1. The molecule has 0 N–H and O–H groups in total. The van der Waals surface area contributed by atoms with Gasteiger partial charge >= 0.3 is 5.97 Å². The monoisotopic (exact) mass is 377 g/mol. The van der Waals surface area contributed by atoms with Gasteiger partial charge in [0.2, 0.25) is 5.95 Å². The Hall–Kier alpha value is -1.86. The van der Waals surface area contributed by atoms with Crippen LogP contribution in [0.1, 0.15) is 15.9 Å². The van der Waals surface area contributed by atoms with Crippen LogP contribution in [0.4, 0.5) is 0 Å². The van der Waals surface area contributed by atoms with Gasteiger partial charge in [-0.15, -0.1) is 12.6 Å². The maximum atomic E-state index is 11.8. The number of carbonyl (C=O) groups is 1. The molecule has 22 heavy (non-hydrogen) atoms. The normalized spacial score (nSPS) is 10.9. The molecule has 0 fully saturated rings. The molecular weight excluding hydrogens is 366 g/mol. The van der Waals surface area contributed by atoms with Crippen LogP contribution in [-0.4, -0.2) is 27.6 Å². The van der Waals surface area contributed by atoms with E-state index in [4.69, 9.17) is 4.74 Å². The summed E-state index contributed by atoms with van der Waals surface area (Å²) in [6.07, 6.45) is 3.34. The summed E-state index contributed by atoms with van der Waals surface area (Å²) in [5.41, 5.74) is 2.29. The summed E-state index contributed by atoms with van der Waals surface area (Å²) in [6, 6.07) is 5.38. The van der Waals surface area contributed by atoms with Crippen LogP contribution in [-0.2, 0) is 4.74 Å². The van der Waals surface area contributed by atoms with Crippen molar-refractivity contribution in [3.05, 3.63) is 46.2 Å². The predicted octanol–water partition coefficient (Wildman–Crippen LogP) is 3.57. The lowest BCUT2D eigenvalue weighted by Crippen LogP contribution is -2.03. The highest BCUT2D eigenvalue weighted by Crippen LogP contribution is 2.31. The highest BCUT2D eigenvalue weighted by molar-refractivity contribution is 9.10. The number of hydrogen-bond donors (Lipinski definition) is 1. The van der Waals surface area contributed by atoms with Crippen molar-refractivity contribution < 1.29 is 9.53 Å². The molecule has 112 valence electrons. The largest absolute Gasteiger partial charge is 0.465 e. The standard InChI is InChI=1S/C15H12BrN3O2S/c1-8-11-4-3-9(14(20)21-2)5-12(11)19(13(8)22)15-17-6-10(16)7-18-15/h3-7,22H,1-2H3. The first-order chi connectivity index (χ1) is 10.5. The number of carbonyl (C=O) groups excluding carboxylic acids is 1. The van der Waals surface area contributed by atoms with E-state index in [1.165, 1.54) is 7.11 Å². The number of halogens is 1. The lowest BCUT2D eigenvalue weighted by atomic mass is 10.1. The average molecular weight is 378 g/mol. The lowest BCUT2D eigenvalue weighted by molar-refractivity contribution is 0.0601. The second kappa shape index (κ2) is 5.73. The van der Waals surface area contributed by atoms with Crippen molar-refractivity contribution in [3.63, 3.8) is 0 Å². The first kappa shape index (κ1) is 15.1. The van der Waals surface area contributed by atoms with Crippen LogP contribution in [0.5, 0.6) is 0 Å². The molecule has 0 atom stereocenters. The van der Waals surface area contributed by atoms with E-state index in [1.54, 1.807) is 24.5 Å². The molecule has 0 amide bonds. The van der Waals surface area contributed by atoms with Gasteiger partial charge in [0.15, 0.2) is 0 Å². The zero-order valence-corrected chi connectivity index (χ0v) is 14.4. The maximum absolute atomic E-state index is 11.8. The second-order valence-corrected chi connectivity index (χ2v) is 6.05. The summed E-state index contributed by atoms with van der Waals surface area (Å²) >= 11 is 7.89. The molecule has 1 aromatic carbocycles. The molecule has 7 heteroatoms. The number of methoxy groups -OCH3 is 1. The molecule has 0 aliphatic carbocycles. The van der Waals surface area contributed by atoms with Crippen LogP contribution in [0.2, 0.25) is 0 Å². The summed E-state index contributed by atoms with van der Waals surface area (Å²) in [6.45, 7) is 1.97. The van der Waals surface area contributed by atoms with Gasteiger partial charge in [-0.2, -0.15) is 0 Å². The number of nitrogens with zero attached hydrogens (tertiary/aromatic N) is 3. The van der Waals surface area contributed by atoms with Gasteiger partial charge in [-0.1, -0.05) is 6.07 Å². The Labute approximate surface area is 140 Å². The number of rotatable bonds is 2. The first-order valence-electron chi connectivity index (χ1n) is 6.43. The Kier molecular flexibility index (Phi) is 3.92. The summed E-state index contributed by atoms with van der Waals surface area (Å²) in [7, 11) is 1.36. The number of aromatic nitrogens is 3. The van der Waals surface area contributed by atoms with Gasteiger partial charge in [-0.05, 0) is 40.5 Å². The van der Waals surface area contributed by atoms with Gasteiger partial charge in [-0.3, -0.25) is 4.57 Å². The molecule has 0 saturated heterocycles. The van der Waals surface area contributed by atoms with Gasteiger partial charge in [0.1, 0.15) is 0 Å². The first-order valence-corrected chi connectivity index (χ1v) is 7.67. The topological polar surface area (TPSA) is 57.0 Å². The lowest BCUT2D eigenvalue weighted by Gasteiger charge is -2.06. The van der Waals surface area contributed by atoms with E-state index in [0.29, 0.717) is 11.5 Å². The van der Waals surface area contributed by atoms with E-state index in [9.17, 15) is 4.79 Å². The summed E-state index contributed by atoms with van der Waals surface area (Å²) < 4.78 is 7.38. The van der Waals surface area contributed by atoms with Crippen molar-refractivity contribution in [3.8, 4) is 5.95 Å². The number of benzene rings is 1. The Bertz CT molecular complexity index is 875. The molecule has 0 aliphatic heterocycles. The fourth-order valence-electron chi connectivity index (χ4n) is 2.30. The van der Waals surface area contributed by atoms with Gasteiger partial charge in [0, 0.05) is 17.8 Å². The van der Waals surface area contributed by atoms with Gasteiger partial charge in [0.05, 0.1) is 27.7 Å². The van der Waals surface area contributed by atoms with Crippen LogP contribution in [0.3, 0.4) is 0 Å². The molecule has 0 spiro atoms. The quantitative estimate of drug-likeness (QED) is 0.547. The van der Waals surface area contributed by atoms with E-state index in [-0.39, 0.29) is 5.97 Å². The molecule has 2 heterocycles. The smallest absolute Gasteiger partial charge is 0.337 e. The molecule has 3 rings (SSSR count). The maximum Gasteiger partial charge on any atom is 0.337 e. The third-order valence-corrected chi connectivity index (χ3v) is 4.36. The molecule has 0 saturated carbocycles. The number of fused-ring (bicyclic) bond motifs is 1. The third-order valence-electron chi connectivity index (χ3n) is 3.42. The minimum Gasteiger partial charge on any atom is -0.465 e. The van der Waals surface area contributed by atoms with Gasteiger partial charge in [-0.25, -0.2) is 14.8 Å². The van der Waals surface area contributed by atoms with Crippen LogP contribution in [0.25, 0.3) is 16.9 Å². The van der Waals surface area contributed by atoms with Crippen molar-refractivity contribution >= 4 is 45.4 Å². The van der Waals surface area contributed by atoms with Crippen LogP contribution >= 0.6 is 28.6 Å². The molecule has 0 bridgehead atoms. The Morgan fingerprint density at radius 2 is 2.00 bits per heavy atom. The minimum absolute atomic E-state index is 0.384. The van der Waals surface area contributed by atoms with Crippen LogP contribution in [0, 0.1) is 6.92 Å². The summed E-state index contributed by atoms with van der Waals surface area (Å²) in [4.78, 5) is 20.4. The summed E-state index contributed by atoms with van der Waals surface area (Å²) in [5.74, 6) is 0.109. The molecule has 2 aromatic heterocycles. The zero-order valence-electron chi connectivity index (χ0n) is 11.9. The number of hydrogen-bond acceptors (Lipinski definition) is 5. The van der Waals surface area contributed by atoms with Gasteiger partial charge < -0.3 is 4.74 Å². The fraction of sp³-hybridized carbons (Fsp3) is 0.133. The molecule has 5 nitrogen and oxygen atoms in total. The van der Waals surface area contributed by atoms with Crippen molar-refractivity contribution in [2.45, 2.75) is 11.9 Å². The Morgan fingerprint density at radius 3 is 2.64 bits per heavy atom.